The summed E-state index contributed by atoms with van der Waals surface area (Å²) >= 11 is 0. The van der Waals surface area contributed by atoms with Crippen LogP contribution in [-0.4, -0.2) is 5.67 Å². The maximum atomic E-state index is 13.7. The average Bonchev–Trinajstić information content (AvgIpc) is 2.17. The minimum Gasteiger partial charge on any atom is -0.244 e. The van der Waals surface area contributed by atoms with Crippen molar-refractivity contribution in [3.05, 3.63) is 0 Å². The molecule has 0 aliphatic heterocycles. The molecule has 2 saturated carbocycles. The monoisotopic (exact) mass is 212 g/mol. The fraction of sp³-hybridized carbons (Fsp3) is 1.00. The lowest BCUT2D eigenvalue weighted by molar-refractivity contribution is 0.0680. The molecule has 2 unspecified atom stereocenters. The molecule has 0 aromatic heterocycles. The lowest BCUT2D eigenvalue weighted by atomic mass is 9.68. The smallest absolute Gasteiger partial charge is 0.108 e. The van der Waals surface area contributed by atoms with Crippen LogP contribution in [0.1, 0.15) is 65.2 Å². The van der Waals surface area contributed by atoms with Gasteiger partial charge in [-0.15, -0.1) is 0 Å². The molecule has 2 atom stereocenters. The molecule has 0 aromatic rings. The van der Waals surface area contributed by atoms with Crippen molar-refractivity contribution in [2.45, 2.75) is 70.9 Å². The molecule has 2 fully saturated rings. The molecule has 0 saturated heterocycles. The van der Waals surface area contributed by atoms with Crippen LogP contribution >= 0.6 is 0 Å². The summed E-state index contributed by atoms with van der Waals surface area (Å²) in [5.41, 5.74) is -0.850. The fourth-order valence-corrected chi connectivity index (χ4v) is 3.62. The second kappa shape index (κ2) is 4.43. The van der Waals surface area contributed by atoms with Gasteiger partial charge in [-0.25, -0.2) is 4.39 Å². The van der Waals surface area contributed by atoms with Crippen molar-refractivity contribution >= 4 is 0 Å². The molecule has 0 aromatic carbocycles. The molecule has 0 N–H and O–H groups in total. The standard InChI is InChI=1S/C14H25F/c1-11-4-3-5-13(10-11)12-6-8-14(2,15)9-7-12/h11-13H,3-10H2,1-2H3. The number of alkyl halides is 1. The van der Waals surface area contributed by atoms with E-state index in [0.717, 1.165) is 43.4 Å². The van der Waals surface area contributed by atoms with Gasteiger partial charge in [0.15, 0.2) is 0 Å². The number of hydrogen-bond acceptors (Lipinski definition) is 0. The first-order chi connectivity index (χ1) is 7.07. The van der Waals surface area contributed by atoms with Crippen molar-refractivity contribution in [1.29, 1.82) is 0 Å². The zero-order chi connectivity index (χ0) is 10.9. The summed E-state index contributed by atoms with van der Waals surface area (Å²) in [6, 6.07) is 0. The Bertz CT molecular complexity index is 199. The minimum absolute atomic E-state index is 0.808. The average molecular weight is 212 g/mol. The van der Waals surface area contributed by atoms with Crippen molar-refractivity contribution in [2.24, 2.45) is 17.8 Å². The Morgan fingerprint density at radius 3 is 2.27 bits per heavy atom. The van der Waals surface area contributed by atoms with Crippen LogP contribution in [0.4, 0.5) is 4.39 Å². The molecule has 1 heteroatoms. The van der Waals surface area contributed by atoms with Gasteiger partial charge in [0.25, 0.3) is 0 Å². The highest BCUT2D eigenvalue weighted by Crippen LogP contribution is 2.43. The second-order valence-electron chi connectivity index (χ2n) is 6.28. The fourth-order valence-electron chi connectivity index (χ4n) is 3.62. The highest BCUT2D eigenvalue weighted by atomic mass is 19.1. The zero-order valence-corrected chi connectivity index (χ0v) is 10.3. The largest absolute Gasteiger partial charge is 0.244 e. The summed E-state index contributed by atoms with van der Waals surface area (Å²) in [4.78, 5) is 0. The van der Waals surface area contributed by atoms with Crippen molar-refractivity contribution in [2.75, 3.05) is 0 Å². The molecule has 15 heavy (non-hydrogen) atoms. The van der Waals surface area contributed by atoms with E-state index in [-0.39, 0.29) is 0 Å². The van der Waals surface area contributed by atoms with Crippen molar-refractivity contribution < 1.29 is 4.39 Å². The molecule has 2 aliphatic carbocycles. The summed E-state index contributed by atoms with van der Waals surface area (Å²) in [6.45, 7) is 4.17. The van der Waals surface area contributed by atoms with E-state index >= 15 is 0 Å². The lowest BCUT2D eigenvalue weighted by Gasteiger charge is -2.38. The molecule has 0 bridgehead atoms. The van der Waals surface area contributed by atoms with Crippen LogP contribution in [0.2, 0.25) is 0 Å². The highest BCUT2D eigenvalue weighted by Gasteiger charge is 2.35. The van der Waals surface area contributed by atoms with Gasteiger partial charge in [-0.3, -0.25) is 0 Å². The van der Waals surface area contributed by atoms with E-state index in [9.17, 15) is 4.39 Å². The Kier molecular flexibility index (Phi) is 3.37. The molecule has 0 radical (unpaired) electrons. The Balaban J connectivity index is 1.84. The van der Waals surface area contributed by atoms with E-state index < -0.39 is 5.67 Å². The van der Waals surface area contributed by atoms with Gasteiger partial charge in [-0.1, -0.05) is 26.2 Å². The molecule has 2 rings (SSSR count). The molecular formula is C14H25F. The predicted octanol–water partition coefficient (Wildman–Crippen LogP) is 4.73. The third-order valence-corrected chi connectivity index (χ3v) is 4.72. The van der Waals surface area contributed by atoms with E-state index in [2.05, 4.69) is 6.92 Å². The zero-order valence-electron chi connectivity index (χ0n) is 10.3. The Labute approximate surface area is 93.6 Å². The Hall–Kier alpha value is -0.0700. The third kappa shape index (κ3) is 2.95. The normalized spacial score (nSPS) is 47.8. The van der Waals surface area contributed by atoms with Gasteiger partial charge in [-0.05, 0) is 56.8 Å². The summed E-state index contributed by atoms with van der Waals surface area (Å²) in [5, 5.41) is 0. The van der Waals surface area contributed by atoms with Gasteiger partial charge < -0.3 is 0 Å². The topological polar surface area (TPSA) is 0 Å². The van der Waals surface area contributed by atoms with Gasteiger partial charge >= 0.3 is 0 Å². The number of rotatable bonds is 1. The van der Waals surface area contributed by atoms with E-state index in [1.807, 2.05) is 0 Å². The van der Waals surface area contributed by atoms with Crippen LogP contribution in [0.5, 0.6) is 0 Å². The van der Waals surface area contributed by atoms with Gasteiger partial charge in [0.1, 0.15) is 5.67 Å². The van der Waals surface area contributed by atoms with Gasteiger partial charge in [-0.2, -0.15) is 0 Å². The van der Waals surface area contributed by atoms with E-state index in [4.69, 9.17) is 0 Å². The number of hydrogen-bond donors (Lipinski definition) is 0. The van der Waals surface area contributed by atoms with Crippen LogP contribution < -0.4 is 0 Å². The Morgan fingerprint density at radius 1 is 1.00 bits per heavy atom. The maximum Gasteiger partial charge on any atom is 0.108 e. The summed E-state index contributed by atoms with van der Waals surface area (Å²) in [6.07, 6.45) is 9.56. The van der Waals surface area contributed by atoms with E-state index in [1.54, 1.807) is 6.92 Å². The summed E-state index contributed by atoms with van der Waals surface area (Å²) in [5.74, 6) is 2.68. The van der Waals surface area contributed by atoms with Crippen LogP contribution in [0, 0.1) is 17.8 Å². The molecule has 0 heterocycles. The predicted molar refractivity (Wildman–Crippen MR) is 62.6 cm³/mol. The molecule has 0 nitrogen and oxygen atoms in total. The lowest BCUT2D eigenvalue weighted by Crippen LogP contribution is -2.31. The van der Waals surface area contributed by atoms with Gasteiger partial charge in [0.2, 0.25) is 0 Å². The van der Waals surface area contributed by atoms with Crippen LogP contribution in [0.3, 0.4) is 0 Å². The first kappa shape index (κ1) is 11.4. The third-order valence-electron chi connectivity index (χ3n) is 4.72. The number of halogens is 1. The van der Waals surface area contributed by atoms with Gasteiger partial charge in [0, 0.05) is 0 Å². The molecular weight excluding hydrogens is 187 g/mol. The summed E-state index contributed by atoms with van der Waals surface area (Å²) < 4.78 is 13.7. The molecule has 2 aliphatic rings. The first-order valence-electron chi connectivity index (χ1n) is 6.76. The highest BCUT2D eigenvalue weighted by molar-refractivity contribution is 4.86. The molecule has 88 valence electrons. The van der Waals surface area contributed by atoms with Crippen molar-refractivity contribution in [1.82, 2.24) is 0 Å². The van der Waals surface area contributed by atoms with Crippen molar-refractivity contribution in [3.63, 3.8) is 0 Å². The van der Waals surface area contributed by atoms with Crippen molar-refractivity contribution in [3.8, 4) is 0 Å². The first-order valence-corrected chi connectivity index (χ1v) is 6.76. The van der Waals surface area contributed by atoms with Crippen LogP contribution in [-0.2, 0) is 0 Å². The SMILES string of the molecule is CC1CCCC(C2CCC(C)(F)CC2)C1. The van der Waals surface area contributed by atoms with Crippen LogP contribution in [0.15, 0.2) is 0 Å². The van der Waals surface area contributed by atoms with Gasteiger partial charge in [0.05, 0.1) is 0 Å². The molecule has 0 spiro atoms. The minimum atomic E-state index is -0.850. The summed E-state index contributed by atoms with van der Waals surface area (Å²) in [7, 11) is 0. The van der Waals surface area contributed by atoms with E-state index in [1.165, 1.54) is 25.7 Å². The Morgan fingerprint density at radius 2 is 1.67 bits per heavy atom. The second-order valence-corrected chi connectivity index (χ2v) is 6.28. The maximum absolute atomic E-state index is 13.7. The van der Waals surface area contributed by atoms with Crippen LogP contribution in [0.25, 0.3) is 0 Å². The molecule has 0 amide bonds. The quantitative estimate of drug-likeness (QED) is 0.589. The van der Waals surface area contributed by atoms with E-state index in [0.29, 0.717) is 0 Å².